The fraction of sp³-hybridized carbons (Fsp3) is 0.375. The van der Waals surface area contributed by atoms with Gasteiger partial charge in [0.15, 0.2) is 0 Å². The van der Waals surface area contributed by atoms with E-state index in [4.69, 9.17) is 0 Å². The maximum absolute atomic E-state index is 12.8. The van der Waals surface area contributed by atoms with Crippen LogP contribution in [0, 0.1) is 6.92 Å². The van der Waals surface area contributed by atoms with Gasteiger partial charge in [0.25, 0.3) is 5.92 Å². The highest BCUT2D eigenvalue weighted by atomic mass is 79.9. The Bertz CT molecular complexity index is 294. The summed E-state index contributed by atoms with van der Waals surface area (Å²) in [5.74, 6) is -2.82. The van der Waals surface area contributed by atoms with E-state index in [1.54, 1.807) is 6.92 Å². The minimum Gasteiger partial charge on any atom is -0.260 e. The van der Waals surface area contributed by atoms with Crippen molar-refractivity contribution >= 4 is 15.9 Å². The lowest BCUT2D eigenvalue weighted by atomic mass is 10.1. The summed E-state index contributed by atoms with van der Waals surface area (Å²) in [4.78, 5) is 3.82. The van der Waals surface area contributed by atoms with Crippen molar-refractivity contribution in [2.75, 3.05) is 0 Å². The Kier molecular flexibility index (Phi) is 2.46. The molecule has 0 aliphatic rings. The molecule has 0 aliphatic heterocycles. The van der Waals surface area contributed by atoms with Gasteiger partial charge in [0.1, 0.15) is 0 Å². The molecule has 0 unspecified atom stereocenters. The Balaban J connectivity index is 3.23. The maximum Gasteiger partial charge on any atom is 0.272 e. The third-order valence-corrected chi connectivity index (χ3v) is 1.96. The van der Waals surface area contributed by atoms with Gasteiger partial charge in [-0.05, 0) is 28.9 Å². The predicted molar refractivity (Wildman–Crippen MR) is 46.2 cm³/mol. The highest BCUT2D eigenvalue weighted by Crippen LogP contribution is 2.30. The zero-order chi connectivity index (χ0) is 9.35. The fourth-order valence-electron chi connectivity index (χ4n) is 0.952. The van der Waals surface area contributed by atoms with E-state index in [0.29, 0.717) is 10.2 Å². The molecule has 1 aromatic rings. The zero-order valence-corrected chi connectivity index (χ0v) is 8.32. The third-order valence-electron chi connectivity index (χ3n) is 1.53. The van der Waals surface area contributed by atoms with Gasteiger partial charge in [-0.1, -0.05) is 0 Å². The number of aromatic nitrogens is 1. The standard InChI is InChI=1S/C8H8BrF2N/c1-5-7(8(2,10)11)3-6(9)4-12-5/h3-4H,1-2H3. The molecular formula is C8H8BrF2N. The molecule has 0 aromatic carbocycles. The van der Waals surface area contributed by atoms with Gasteiger partial charge in [-0.15, -0.1) is 0 Å². The van der Waals surface area contributed by atoms with Crippen LogP contribution in [0.1, 0.15) is 18.2 Å². The van der Waals surface area contributed by atoms with E-state index in [1.165, 1.54) is 12.3 Å². The summed E-state index contributed by atoms with van der Waals surface area (Å²) in [6.45, 7) is 2.43. The number of hydrogen-bond acceptors (Lipinski definition) is 1. The summed E-state index contributed by atoms with van der Waals surface area (Å²) in [7, 11) is 0. The van der Waals surface area contributed by atoms with Crippen molar-refractivity contribution in [1.82, 2.24) is 4.98 Å². The fourth-order valence-corrected chi connectivity index (χ4v) is 1.28. The maximum atomic E-state index is 12.8. The molecule has 0 N–H and O–H groups in total. The largest absolute Gasteiger partial charge is 0.272 e. The van der Waals surface area contributed by atoms with Gasteiger partial charge in [0.05, 0.1) is 0 Å². The lowest BCUT2D eigenvalue weighted by Gasteiger charge is -2.12. The number of alkyl halides is 2. The molecule has 1 nitrogen and oxygen atoms in total. The monoisotopic (exact) mass is 235 g/mol. The van der Waals surface area contributed by atoms with Gasteiger partial charge in [0.2, 0.25) is 0 Å². The molecule has 0 saturated heterocycles. The SMILES string of the molecule is Cc1ncc(Br)cc1C(C)(F)F. The molecule has 1 heterocycles. The van der Waals surface area contributed by atoms with Crippen LogP contribution >= 0.6 is 15.9 Å². The third kappa shape index (κ3) is 2.00. The highest BCUT2D eigenvalue weighted by molar-refractivity contribution is 9.10. The summed E-state index contributed by atoms with van der Waals surface area (Å²) in [5.41, 5.74) is 0.336. The Morgan fingerprint density at radius 3 is 2.50 bits per heavy atom. The normalized spacial score (nSPS) is 11.8. The molecule has 0 aliphatic carbocycles. The van der Waals surface area contributed by atoms with Crippen LogP contribution in [0.4, 0.5) is 8.78 Å². The van der Waals surface area contributed by atoms with Crippen molar-refractivity contribution in [3.8, 4) is 0 Å². The van der Waals surface area contributed by atoms with Gasteiger partial charge < -0.3 is 0 Å². The number of rotatable bonds is 1. The van der Waals surface area contributed by atoms with Crippen LogP contribution in [-0.2, 0) is 5.92 Å². The summed E-state index contributed by atoms with van der Waals surface area (Å²) >= 11 is 3.09. The summed E-state index contributed by atoms with van der Waals surface area (Å²) in [5, 5.41) is 0. The first-order valence-corrected chi connectivity index (χ1v) is 4.21. The summed E-state index contributed by atoms with van der Waals surface area (Å²) < 4.78 is 26.2. The lowest BCUT2D eigenvalue weighted by molar-refractivity contribution is 0.0163. The van der Waals surface area contributed by atoms with Crippen LogP contribution in [0.2, 0.25) is 0 Å². The van der Waals surface area contributed by atoms with Crippen molar-refractivity contribution in [3.63, 3.8) is 0 Å². The van der Waals surface area contributed by atoms with Crippen molar-refractivity contribution in [2.24, 2.45) is 0 Å². The van der Waals surface area contributed by atoms with E-state index in [2.05, 4.69) is 20.9 Å². The molecule has 1 aromatic heterocycles. The van der Waals surface area contributed by atoms with Crippen LogP contribution in [0.5, 0.6) is 0 Å². The van der Waals surface area contributed by atoms with Crippen molar-refractivity contribution < 1.29 is 8.78 Å². The predicted octanol–water partition coefficient (Wildman–Crippen LogP) is 3.26. The van der Waals surface area contributed by atoms with Crippen LogP contribution in [0.15, 0.2) is 16.7 Å². The molecule has 0 atom stereocenters. The first-order chi connectivity index (χ1) is 5.41. The lowest BCUT2D eigenvalue weighted by Crippen LogP contribution is -2.10. The summed E-state index contributed by atoms with van der Waals surface area (Å²) in [6, 6.07) is 1.39. The van der Waals surface area contributed by atoms with Crippen LogP contribution in [0.3, 0.4) is 0 Å². The molecule has 0 spiro atoms. The Hall–Kier alpha value is -0.510. The average Bonchev–Trinajstić information content (AvgIpc) is 1.92. The molecule has 1 rings (SSSR count). The molecule has 66 valence electrons. The second-order valence-electron chi connectivity index (χ2n) is 2.67. The van der Waals surface area contributed by atoms with Gasteiger partial charge in [0, 0.05) is 28.9 Å². The van der Waals surface area contributed by atoms with Crippen molar-refractivity contribution in [1.29, 1.82) is 0 Å². The number of halogens is 3. The molecule has 0 saturated carbocycles. The van der Waals surface area contributed by atoms with Gasteiger partial charge in [-0.25, -0.2) is 8.78 Å². The molecule has 0 fully saturated rings. The first-order valence-electron chi connectivity index (χ1n) is 3.41. The number of nitrogens with zero attached hydrogens (tertiary/aromatic N) is 1. The van der Waals surface area contributed by atoms with E-state index < -0.39 is 5.92 Å². The number of pyridine rings is 1. The van der Waals surface area contributed by atoms with E-state index >= 15 is 0 Å². The minimum absolute atomic E-state index is 0.0307. The van der Waals surface area contributed by atoms with E-state index in [1.807, 2.05) is 0 Å². The number of hydrogen-bond donors (Lipinski definition) is 0. The van der Waals surface area contributed by atoms with Crippen molar-refractivity contribution in [3.05, 3.63) is 28.0 Å². The van der Waals surface area contributed by atoms with Gasteiger partial charge >= 0.3 is 0 Å². The second-order valence-corrected chi connectivity index (χ2v) is 3.59. The molecular weight excluding hydrogens is 228 g/mol. The molecule has 0 amide bonds. The van der Waals surface area contributed by atoms with Crippen LogP contribution < -0.4 is 0 Å². The van der Waals surface area contributed by atoms with E-state index in [0.717, 1.165) is 6.92 Å². The molecule has 4 heteroatoms. The Morgan fingerprint density at radius 1 is 1.50 bits per heavy atom. The Labute approximate surface area is 77.9 Å². The summed E-state index contributed by atoms with van der Waals surface area (Å²) in [6.07, 6.45) is 1.50. The highest BCUT2D eigenvalue weighted by Gasteiger charge is 2.26. The minimum atomic E-state index is -2.82. The molecule has 0 bridgehead atoms. The van der Waals surface area contributed by atoms with Crippen LogP contribution in [-0.4, -0.2) is 4.98 Å². The van der Waals surface area contributed by atoms with Gasteiger partial charge in [-0.3, -0.25) is 4.98 Å². The van der Waals surface area contributed by atoms with E-state index in [9.17, 15) is 8.78 Å². The van der Waals surface area contributed by atoms with Crippen LogP contribution in [0.25, 0.3) is 0 Å². The Morgan fingerprint density at radius 2 is 2.08 bits per heavy atom. The molecule has 0 radical (unpaired) electrons. The first kappa shape index (κ1) is 9.58. The van der Waals surface area contributed by atoms with Crippen molar-refractivity contribution in [2.45, 2.75) is 19.8 Å². The zero-order valence-electron chi connectivity index (χ0n) is 6.74. The van der Waals surface area contributed by atoms with E-state index in [-0.39, 0.29) is 5.56 Å². The quantitative estimate of drug-likeness (QED) is 0.729. The number of aryl methyl sites for hydroxylation is 1. The van der Waals surface area contributed by atoms with Gasteiger partial charge in [-0.2, -0.15) is 0 Å². The molecule has 12 heavy (non-hydrogen) atoms. The average molecular weight is 236 g/mol. The second kappa shape index (κ2) is 3.09. The smallest absolute Gasteiger partial charge is 0.260 e. The topological polar surface area (TPSA) is 12.9 Å².